The van der Waals surface area contributed by atoms with E-state index in [1.165, 1.54) is 6.08 Å². The predicted octanol–water partition coefficient (Wildman–Crippen LogP) is 5.97. The molecule has 4 nitrogen and oxygen atoms in total. The van der Waals surface area contributed by atoms with Crippen molar-refractivity contribution in [3.05, 3.63) is 83.0 Å². The van der Waals surface area contributed by atoms with Crippen LogP contribution in [0.5, 0.6) is 11.5 Å². The maximum absolute atomic E-state index is 12.7. The van der Waals surface area contributed by atoms with Crippen LogP contribution in [-0.4, -0.2) is 24.5 Å². The van der Waals surface area contributed by atoms with Crippen molar-refractivity contribution in [3.8, 4) is 11.5 Å². The largest absolute Gasteiger partial charge is 0.507 e. The van der Waals surface area contributed by atoms with Crippen molar-refractivity contribution in [2.45, 2.75) is 33.6 Å². The summed E-state index contributed by atoms with van der Waals surface area (Å²) in [6.45, 7) is 6.30. The molecule has 0 fully saturated rings. The molecule has 30 heavy (non-hydrogen) atoms. The molecule has 0 radical (unpaired) electrons. The average Bonchev–Trinajstić information content (AvgIpc) is 2.77. The van der Waals surface area contributed by atoms with Crippen molar-refractivity contribution in [2.75, 3.05) is 19.0 Å². The zero-order valence-corrected chi connectivity index (χ0v) is 18.2. The molecular formula is C26H31NO3. The number of phenolic OH excluding ortho intramolecular Hbond substituents is 1. The molecule has 0 aliphatic rings. The van der Waals surface area contributed by atoms with Gasteiger partial charge in [0.1, 0.15) is 11.5 Å². The summed E-state index contributed by atoms with van der Waals surface area (Å²) < 4.78 is 5.89. The number of benzene rings is 2. The van der Waals surface area contributed by atoms with Crippen LogP contribution in [-0.2, 0) is 12.8 Å². The number of anilines is 1. The number of ether oxygens (including phenoxy) is 1. The quantitative estimate of drug-likeness (QED) is 0.291. The van der Waals surface area contributed by atoms with Crippen LogP contribution in [0, 0.1) is 0 Å². The first kappa shape index (κ1) is 23.0. The maximum Gasteiger partial charge on any atom is 0.185 e. The number of nitrogens with one attached hydrogen (secondary N) is 1. The highest BCUT2D eigenvalue weighted by Crippen LogP contribution is 2.37. The smallest absolute Gasteiger partial charge is 0.185 e. The summed E-state index contributed by atoms with van der Waals surface area (Å²) in [4.78, 5) is 12.7. The maximum atomic E-state index is 12.7. The second kappa shape index (κ2) is 11.7. The second-order valence-electron chi connectivity index (χ2n) is 6.79. The fourth-order valence-electron chi connectivity index (χ4n) is 3.12. The van der Waals surface area contributed by atoms with E-state index in [4.69, 9.17) is 4.74 Å². The lowest BCUT2D eigenvalue weighted by atomic mass is 9.97. The van der Waals surface area contributed by atoms with Crippen molar-refractivity contribution >= 4 is 17.5 Å². The average molecular weight is 406 g/mol. The third-order valence-electron chi connectivity index (χ3n) is 4.74. The van der Waals surface area contributed by atoms with E-state index in [0.29, 0.717) is 36.3 Å². The number of ketones is 1. The third-order valence-corrected chi connectivity index (χ3v) is 4.74. The number of carbonyl (C=O) groups excluding carboxylic acids is 1. The molecule has 0 bridgehead atoms. The van der Waals surface area contributed by atoms with Crippen molar-refractivity contribution < 1.29 is 14.6 Å². The second-order valence-corrected chi connectivity index (χ2v) is 6.79. The minimum atomic E-state index is -0.131. The molecule has 4 heteroatoms. The van der Waals surface area contributed by atoms with Gasteiger partial charge in [-0.15, -0.1) is 0 Å². The molecule has 2 rings (SSSR count). The number of phenols is 1. The van der Waals surface area contributed by atoms with Gasteiger partial charge >= 0.3 is 0 Å². The Bertz CT molecular complexity index is 938. The minimum absolute atomic E-state index is 0.131. The molecule has 2 aromatic rings. The molecule has 0 aliphatic carbocycles. The number of hydrogen-bond donors (Lipinski definition) is 2. The minimum Gasteiger partial charge on any atom is -0.507 e. The molecule has 0 heterocycles. The number of carbonyl (C=O) groups is 1. The van der Waals surface area contributed by atoms with Crippen LogP contribution >= 0.6 is 0 Å². The van der Waals surface area contributed by atoms with Crippen molar-refractivity contribution in [3.63, 3.8) is 0 Å². The van der Waals surface area contributed by atoms with E-state index < -0.39 is 0 Å². The molecule has 158 valence electrons. The van der Waals surface area contributed by atoms with E-state index in [1.54, 1.807) is 18.2 Å². The number of rotatable bonds is 10. The Morgan fingerprint density at radius 3 is 2.27 bits per heavy atom. The number of hydrogen-bond acceptors (Lipinski definition) is 4. The van der Waals surface area contributed by atoms with Gasteiger partial charge in [-0.1, -0.05) is 24.3 Å². The molecule has 0 aliphatic heterocycles. The van der Waals surface area contributed by atoms with Crippen LogP contribution in [0.4, 0.5) is 5.69 Å². The highest BCUT2D eigenvalue weighted by atomic mass is 16.5. The Hall–Kier alpha value is -3.27. The monoisotopic (exact) mass is 405 g/mol. The van der Waals surface area contributed by atoms with Crippen molar-refractivity contribution in [1.82, 2.24) is 0 Å². The van der Waals surface area contributed by atoms with Gasteiger partial charge < -0.3 is 15.2 Å². The van der Waals surface area contributed by atoms with Gasteiger partial charge in [-0.3, -0.25) is 4.79 Å². The van der Waals surface area contributed by atoms with Crippen LogP contribution in [0.25, 0.3) is 6.08 Å². The summed E-state index contributed by atoms with van der Waals surface area (Å²) in [7, 11) is 1.83. The van der Waals surface area contributed by atoms with Crippen LogP contribution in [0.3, 0.4) is 0 Å². The standard InChI is InChI=1S/C26H31NO3/c1-5-8-10-20-18-21(11-9-6-2)26(30-7-3)23(25(20)29)16-17-24(28)19-12-14-22(27-4)15-13-19/h5-6,8-9,12-18,27,29H,7,10-11H2,1-4H3/b8-5+,9-6+,17-16+. The first-order valence-corrected chi connectivity index (χ1v) is 10.3. The third kappa shape index (κ3) is 5.86. The summed E-state index contributed by atoms with van der Waals surface area (Å²) in [6.07, 6.45) is 12.4. The topological polar surface area (TPSA) is 58.6 Å². The van der Waals surface area contributed by atoms with Crippen LogP contribution in [0.15, 0.2) is 60.7 Å². The lowest BCUT2D eigenvalue weighted by Crippen LogP contribution is -2.02. The van der Waals surface area contributed by atoms with Crippen molar-refractivity contribution in [2.24, 2.45) is 0 Å². The molecule has 0 aromatic heterocycles. The molecule has 0 saturated carbocycles. The Kier molecular flexibility index (Phi) is 8.95. The van der Waals surface area contributed by atoms with E-state index in [9.17, 15) is 9.90 Å². The van der Waals surface area contributed by atoms with E-state index in [2.05, 4.69) is 11.4 Å². The number of allylic oxidation sites excluding steroid dienone is 5. The zero-order valence-electron chi connectivity index (χ0n) is 18.2. The molecule has 0 amide bonds. The highest BCUT2D eigenvalue weighted by molar-refractivity contribution is 6.07. The van der Waals surface area contributed by atoms with Gasteiger partial charge in [0.05, 0.1) is 12.2 Å². The zero-order chi connectivity index (χ0) is 21.9. The molecule has 0 saturated heterocycles. The van der Waals surface area contributed by atoms with E-state index in [0.717, 1.165) is 16.8 Å². The summed E-state index contributed by atoms with van der Waals surface area (Å²) in [6, 6.07) is 9.26. The van der Waals surface area contributed by atoms with Crippen LogP contribution in [0.2, 0.25) is 0 Å². The van der Waals surface area contributed by atoms with Gasteiger partial charge in [0, 0.05) is 18.3 Å². The molecule has 2 N–H and O–H groups in total. The van der Waals surface area contributed by atoms with Gasteiger partial charge in [-0.05, 0) is 87.2 Å². The Morgan fingerprint density at radius 2 is 1.70 bits per heavy atom. The van der Waals surface area contributed by atoms with Crippen molar-refractivity contribution in [1.29, 1.82) is 0 Å². The Morgan fingerprint density at radius 1 is 1.07 bits per heavy atom. The SMILES string of the molecule is C/C=C/Cc1cc(C/C=C/C)c(OCC)c(/C=C/C(=O)c2ccc(NC)cc2)c1O. The molecule has 2 aromatic carbocycles. The lowest BCUT2D eigenvalue weighted by molar-refractivity contribution is 0.104. The first-order valence-electron chi connectivity index (χ1n) is 10.3. The molecule has 0 atom stereocenters. The lowest BCUT2D eigenvalue weighted by Gasteiger charge is -2.17. The Balaban J connectivity index is 2.50. The summed E-state index contributed by atoms with van der Waals surface area (Å²) in [5.74, 6) is 0.635. The molecular weight excluding hydrogens is 374 g/mol. The first-order chi connectivity index (χ1) is 14.5. The van der Waals surface area contributed by atoms with E-state index in [-0.39, 0.29) is 11.5 Å². The summed E-state index contributed by atoms with van der Waals surface area (Å²) >= 11 is 0. The van der Waals surface area contributed by atoms with Gasteiger partial charge in [0.25, 0.3) is 0 Å². The summed E-state index contributed by atoms with van der Waals surface area (Å²) in [5, 5.41) is 14.0. The molecule has 0 unspecified atom stereocenters. The number of aromatic hydroxyl groups is 1. The fraction of sp³-hybridized carbons (Fsp3) is 0.269. The normalized spacial score (nSPS) is 11.6. The van der Waals surface area contributed by atoms with E-state index >= 15 is 0 Å². The van der Waals surface area contributed by atoms with Gasteiger partial charge in [0.2, 0.25) is 0 Å². The highest BCUT2D eigenvalue weighted by Gasteiger charge is 2.17. The molecule has 0 spiro atoms. The fourth-order valence-corrected chi connectivity index (χ4v) is 3.12. The van der Waals surface area contributed by atoms with Gasteiger partial charge in [0.15, 0.2) is 5.78 Å². The van der Waals surface area contributed by atoms with Crippen LogP contribution < -0.4 is 10.1 Å². The predicted molar refractivity (Wildman–Crippen MR) is 126 cm³/mol. The van der Waals surface area contributed by atoms with Crippen LogP contribution in [0.1, 0.15) is 47.8 Å². The summed E-state index contributed by atoms with van der Waals surface area (Å²) in [5.41, 5.74) is 3.86. The Labute approximate surface area is 179 Å². The van der Waals surface area contributed by atoms with Gasteiger partial charge in [-0.2, -0.15) is 0 Å². The van der Waals surface area contributed by atoms with Gasteiger partial charge in [-0.25, -0.2) is 0 Å². The van der Waals surface area contributed by atoms with E-state index in [1.807, 2.05) is 64.2 Å².